The Morgan fingerprint density at radius 3 is 2.60 bits per heavy atom. The number of aromatic amines is 1. The number of para-hydroxylation sites is 1. The standard InChI is InChI=1S/C23H22N4O2S/c1-14-21(16-8-4-3-5-9-16)30-23(25-14)27-22(29)20(26-15(2)28)12-17-13-24-19-11-7-6-10-18(17)19/h3-11,13,20,24H,12H2,1-2H3,(H,26,28)(H,25,27,29). The Hall–Kier alpha value is -3.45. The molecule has 0 fully saturated rings. The highest BCUT2D eigenvalue weighted by molar-refractivity contribution is 7.19. The first-order chi connectivity index (χ1) is 14.5. The minimum absolute atomic E-state index is 0.254. The third kappa shape index (κ3) is 4.26. The van der Waals surface area contributed by atoms with Crippen LogP contribution in [0.5, 0.6) is 0 Å². The summed E-state index contributed by atoms with van der Waals surface area (Å²) < 4.78 is 0. The summed E-state index contributed by atoms with van der Waals surface area (Å²) in [5.41, 5.74) is 3.89. The number of hydrogen-bond acceptors (Lipinski definition) is 4. The van der Waals surface area contributed by atoms with Gasteiger partial charge in [-0.05, 0) is 24.1 Å². The van der Waals surface area contributed by atoms with Gasteiger partial charge in [0.25, 0.3) is 0 Å². The van der Waals surface area contributed by atoms with Crippen LogP contribution in [0, 0.1) is 6.92 Å². The highest BCUT2D eigenvalue weighted by atomic mass is 32.1. The first kappa shape index (κ1) is 19.8. The van der Waals surface area contributed by atoms with Crippen molar-refractivity contribution in [2.45, 2.75) is 26.3 Å². The second kappa shape index (κ2) is 8.51. The van der Waals surface area contributed by atoms with Crippen molar-refractivity contribution in [3.8, 4) is 10.4 Å². The number of nitrogens with one attached hydrogen (secondary N) is 3. The number of aromatic nitrogens is 2. The number of H-pyrrole nitrogens is 1. The maximum absolute atomic E-state index is 13.0. The van der Waals surface area contributed by atoms with Crippen LogP contribution in [0.25, 0.3) is 21.3 Å². The van der Waals surface area contributed by atoms with E-state index in [0.717, 1.165) is 32.6 Å². The average molecular weight is 419 g/mol. The molecule has 0 radical (unpaired) electrons. The molecule has 2 amide bonds. The number of aryl methyl sites for hydroxylation is 1. The number of carbonyl (C=O) groups excluding carboxylic acids is 2. The molecule has 30 heavy (non-hydrogen) atoms. The van der Waals surface area contributed by atoms with E-state index >= 15 is 0 Å². The van der Waals surface area contributed by atoms with Gasteiger partial charge < -0.3 is 15.6 Å². The molecule has 0 spiro atoms. The zero-order valence-corrected chi connectivity index (χ0v) is 17.5. The number of carbonyl (C=O) groups is 2. The van der Waals surface area contributed by atoms with Crippen LogP contribution >= 0.6 is 11.3 Å². The van der Waals surface area contributed by atoms with E-state index in [9.17, 15) is 9.59 Å². The third-order valence-electron chi connectivity index (χ3n) is 4.86. The molecule has 152 valence electrons. The van der Waals surface area contributed by atoms with Crippen LogP contribution in [-0.2, 0) is 16.0 Å². The van der Waals surface area contributed by atoms with Gasteiger partial charge >= 0.3 is 0 Å². The molecule has 1 atom stereocenters. The maximum Gasteiger partial charge on any atom is 0.249 e. The average Bonchev–Trinajstić information content (AvgIpc) is 3.31. The molecule has 0 aliphatic carbocycles. The van der Waals surface area contributed by atoms with Crippen molar-refractivity contribution in [3.05, 3.63) is 72.1 Å². The normalized spacial score (nSPS) is 11.9. The maximum atomic E-state index is 13.0. The van der Waals surface area contributed by atoms with Gasteiger partial charge in [-0.15, -0.1) is 0 Å². The number of amides is 2. The van der Waals surface area contributed by atoms with E-state index in [0.29, 0.717) is 11.6 Å². The van der Waals surface area contributed by atoms with Gasteiger partial charge in [-0.3, -0.25) is 9.59 Å². The fraction of sp³-hybridized carbons (Fsp3) is 0.174. The quantitative estimate of drug-likeness (QED) is 0.437. The second-order valence-electron chi connectivity index (χ2n) is 7.11. The van der Waals surface area contributed by atoms with Crippen molar-refractivity contribution in [2.24, 2.45) is 0 Å². The Morgan fingerprint density at radius 2 is 1.83 bits per heavy atom. The molecule has 2 heterocycles. The topological polar surface area (TPSA) is 86.9 Å². The summed E-state index contributed by atoms with van der Waals surface area (Å²) in [6.07, 6.45) is 2.26. The lowest BCUT2D eigenvalue weighted by atomic mass is 10.0. The largest absolute Gasteiger partial charge is 0.361 e. The number of nitrogens with zero attached hydrogens (tertiary/aromatic N) is 1. The minimum atomic E-state index is -0.703. The number of fused-ring (bicyclic) bond motifs is 1. The number of benzene rings is 2. The van der Waals surface area contributed by atoms with Gasteiger partial charge in [-0.25, -0.2) is 4.98 Å². The molecule has 6 nitrogen and oxygen atoms in total. The highest BCUT2D eigenvalue weighted by Crippen LogP contribution is 2.32. The molecule has 4 rings (SSSR count). The number of rotatable bonds is 6. The number of hydrogen-bond donors (Lipinski definition) is 3. The first-order valence-corrected chi connectivity index (χ1v) is 10.5. The van der Waals surface area contributed by atoms with Crippen molar-refractivity contribution in [2.75, 3.05) is 5.32 Å². The Labute approximate surface area is 178 Å². The molecule has 0 aliphatic heterocycles. The summed E-state index contributed by atoms with van der Waals surface area (Å²) >= 11 is 1.43. The van der Waals surface area contributed by atoms with Crippen LogP contribution in [0.15, 0.2) is 60.8 Å². The predicted molar refractivity (Wildman–Crippen MR) is 121 cm³/mol. The predicted octanol–water partition coefficient (Wildman–Crippen LogP) is 4.29. The van der Waals surface area contributed by atoms with Gasteiger partial charge in [0.15, 0.2) is 5.13 Å². The van der Waals surface area contributed by atoms with Crippen LogP contribution < -0.4 is 10.6 Å². The van der Waals surface area contributed by atoms with Crippen LogP contribution in [0.3, 0.4) is 0 Å². The SMILES string of the molecule is CC(=O)NC(Cc1c[nH]c2ccccc12)C(=O)Nc1nc(C)c(-c2ccccc2)s1. The van der Waals surface area contributed by atoms with Crippen LogP contribution in [0.1, 0.15) is 18.2 Å². The lowest BCUT2D eigenvalue weighted by molar-refractivity contribution is -0.125. The summed E-state index contributed by atoms with van der Waals surface area (Å²) in [4.78, 5) is 33.5. The molecule has 4 aromatic rings. The van der Waals surface area contributed by atoms with Crippen LogP contribution in [0.2, 0.25) is 0 Å². The van der Waals surface area contributed by atoms with Crippen molar-refractivity contribution in [1.29, 1.82) is 0 Å². The van der Waals surface area contributed by atoms with E-state index in [1.807, 2.05) is 67.7 Å². The molecule has 3 N–H and O–H groups in total. The second-order valence-corrected chi connectivity index (χ2v) is 8.10. The van der Waals surface area contributed by atoms with E-state index in [-0.39, 0.29) is 11.8 Å². The zero-order chi connectivity index (χ0) is 21.1. The van der Waals surface area contributed by atoms with Gasteiger partial charge in [-0.1, -0.05) is 59.9 Å². The van der Waals surface area contributed by atoms with Gasteiger partial charge in [0.1, 0.15) is 6.04 Å². The Kier molecular flexibility index (Phi) is 5.63. The fourth-order valence-corrected chi connectivity index (χ4v) is 4.45. The summed E-state index contributed by atoms with van der Waals surface area (Å²) in [5.74, 6) is -0.542. The lowest BCUT2D eigenvalue weighted by Crippen LogP contribution is -2.44. The smallest absolute Gasteiger partial charge is 0.249 e. The molecular formula is C23H22N4O2S. The van der Waals surface area contributed by atoms with Crippen molar-refractivity contribution < 1.29 is 9.59 Å². The Balaban J connectivity index is 1.55. The van der Waals surface area contributed by atoms with E-state index in [2.05, 4.69) is 20.6 Å². The summed E-state index contributed by atoms with van der Waals surface area (Å²) in [6, 6.07) is 17.1. The van der Waals surface area contributed by atoms with E-state index in [1.165, 1.54) is 18.3 Å². The monoisotopic (exact) mass is 418 g/mol. The highest BCUT2D eigenvalue weighted by Gasteiger charge is 2.23. The van der Waals surface area contributed by atoms with Gasteiger partial charge in [0, 0.05) is 30.4 Å². The molecule has 7 heteroatoms. The minimum Gasteiger partial charge on any atom is -0.361 e. The molecule has 1 unspecified atom stereocenters. The van der Waals surface area contributed by atoms with Gasteiger partial charge in [0.05, 0.1) is 10.6 Å². The Morgan fingerprint density at radius 1 is 1.10 bits per heavy atom. The van der Waals surface area contributed by atoms with E-state index < -0.39 is 6.04 Å². The fourth-order valence-electron chi connectivity index (χ4n) is 3.47. The molecule has 0 bridgehead atoms. The third-order valence-corrected chi connectivity index (χ3v) is 5.98. The van der Waals surface area contributed by atoms with Gasteiger partial charge in [0.2, 0.25) is 11.8 Å². The Bertz CT molecular complexity index is 1200. The lowest BCUT2D eigenvalue weighted by Gasteiger charge is -2.16. The van der Waals surface area contributed by atoms with Gasteiger partial charge in [-0.2, -0.15) is 0 Å². The summed E-state index contributed by atoms with van der Waals surface area (Å²) in [7, 11) is 0. The summed E-state index contributed by atoms with van der Waals surface area (Å²) in [6.45, 7) is 3.34. The molecule has 0 saturated heterocycles. The molecular weight excluding hydrogens is 396 g/mol. The summed E-state index contributed by atoms with van der Waals surface area (Å²) in [5, 5.41) is 7.21. The van der Waals surface area contributed by atoms with Crippen molar-refractivity contribution in [1.82, 2.24) is 15.3 Å². The van der Waals surface area contributed by atoms with E-state index in [4.69, 9.17) is 0 Å². The van der Waals surface area contributed by atoms with Crippen molar-refractivity contribution >= 4 is 39.2 Å². The molecule has 0 saturated carbocycles. The molecule has 0 aliphatic rings. The molecule has 2 aromatic carbocycles. The van der Waals surface area contributed by atoms with Crippen LogP contribution in [0.4, 0.5) is 5.13 Å². The first-order valence-electron chi connectivity index (χ1n) is 9.67. The van der Waals surface area contributed by atoms with E-state index in [1.54, 1.807) is 0 Å². The zero-order valence-electron chi connectivity index (χ0n) is 16.7. The number of anilines is 1. The van der Waals surface area contributed by atoms with Crippen molar-refractivity contribution in [3.63, 3.8) is 0 Å². The van der Waals surface area contributed by atoms with Crippen LogP contribution in [-0.4, -0.2) is 27.8 Å². The molecule has 2 aromatic heterocycles. The number of thiazole rings is 1.